The molecule has 1 amide bonds. The Labute approximate surface area is 126 Å². The summed E-state index contributed by atoms with van der Waals surface area (Å²) in [6, 6.07) is 8.05. The predicted molar refractivity (Wildman–Crippen MR) is 85.9 cm³/mol. The smallest absolute Gasteiger partial charge is 0.257 e. The van der Waals surface area contributed by atoms with Crippen molar-refractivity contribution in [3.63, 3.8) is 0 Å². The van der Waals surface area contributed by atoms with Crippen LogP contribution in [0.25, 0.3) is 0 Å². The van der Waals surface area contributed by atoms with Crippen molar-refractivity contribution < 1.29 is 4.79 Å². The fourth-order valence-corrected chi connectivity index (χ4v) is 3.09. The molecule has 1 aliphatic rings. The number of hydrogen-bond donors (Lipinski definition) is 1. The van der Waals surface area contributed by atoms with Crippen molar-refractivity contribution in [2.45, 2.75) is 45.6 Å². The standard InChI is InChI=1S/C16H22N2OS/c1-3-13-9-6-7-11-18(13)16(20)17-15(19)14-10-5-4-8-12(14)2/h4-5,8,10,13H,3,6-7,9,11H2,1-2H3,(H,17,19,20)/t13-/m1/s1. The fraction of sp³-hybridized carbons (Fsp3) is 0.500. The van der Waals surface area contributed by atoms with E-state index in [9.17, 15) is 4.79 Å². The molecule has 1 aromatic carbocycles. The summed E-state index contributed by atoms with van der Waals surface area (Å²) in [6.45, 7) is 5.06. The first-order valence-electron chi connectivity index (χ1n) is 7.31. The van der Waals surface area contributed by atoms with Crippen LogP contribution in [0.2, 0.25) is 0 Å². The van der Waals surface area contributed by atoms with Gasteiger partial charge in [-0.2, -0.15) is 0 Å². The van der Waals surface area contributed by atoms with E-state index >= 15 is 0 Å². The van der Waals surface area contributed by atoms with E-state index in [-0.39, 0.29) is 5.91 Å². The van der Waals surface area contributed by atoms with E-state index in [1.54, 1.807) is 0 Å². The third kappa shape index (κ3) is 3.37. The van der Waals surface area contributed by atoms with Crippen LogP contribution in [0.1, 0.15) is 48.5 Å². The number of carbonyl (C=O) groups is 1. The first kappa shape index (κ1) is 15.0. The van der Waals surface area contributed by atoms with Gasteiger partial charge >= 0.3 is 0 Å². The number of carbonyl (C=O) groups excluding carboxylic acids is 1. The van der Waals surface area contributed by atoms with E-state index in [0.29, 0.717) is 16.7 Å². The van der Waals surface area contributed by atoms with Gasteiger partial charge in [0.1, 0.15) is 0 Å². The van der Waals surface area contributed by atoms with Crippen molar-refractivity contribution in [1.82, 2.24) is 10.2 Å². The Morgan fingerprint density at radius 2 is 2.15 bits per heavy atom. The van der Waals surface area contributed by atoms with Gasteiger partial charge in [0.05, 0.1) is 0 Å². The van der Waals surface area contributed by atoms with E-state index in [1.807, 2.05) is 31.2 Å². The molecule has 0 aromatic heterocycles. The molecular formula is C16H22N2OS. The summed E-state index contributed by atoms with van der Waals surface area (Å²) in [6.07, 6.45) is 4.64. The van der Waals surface area contributed by atoms with Crippen molar-refractivity contribution in [2.75, 3.05) is 6.54 Å². The molecule has 1 N–H and O–H groups in total. The molecule has 20 heavy (non-hydrogen) atoms. The van der Waals surface area contributed by atoms with Crippen molar-refractivity contribution >= 4 is 23.2 Å². The van der Waals surface area contributed by atoms with Gasteiger partial charge in [0, 0.05) is 18.2 Å². The van der Waals surface area contributed by atoms with Gasteiger partial charge in [0.15, 0.2) is 5.11 Å². The van der Waals surface area contributed by atoms with Crippen molar-refractivity contribution in [2.24, 2.45) is 0 Å². The number of hydrogen-bond acceptors (Lipinski definition) is 2. The van der Waals surface area contributed by atoms with E-state index in [2.05, 4.69) is 17.1 Å². The highest BCUT2D eigenvalue weighted by Crippen LogP contribution is 2.19. The molecule has 1 aliphatic heterocycles. The minimum atomic E-state index is -0.103. The molecule has 0 spiro atoms. The number of likely N-dealkylation sites (tertiary alicyclic amines) is 1. The number of nitrogens with zero attached hydrogens (tertiary/aromatic N) is 1. The van der Waals surface area contributed by atoms with Gasteiger partial charge in [0.25, 0.3) is 5.91 Å². The number of nitrogens with one attached hydrogen (secondary N) is 1. The lowest BCUT2D eigenvalue weighted by atomic mass is 10.0. The molecular weight excluding hydrogens is 268 g/mol. The van der Waals surface area contributed by atoms with Gasteiger partial charge in [0.2, 0.25) is 0 Å². The average molecular weight is 290 g/mol. The van der Waals surface area contributed by atoms with E-state index in [0.717, 1.165) is 31.4 Å². The lowest BCUT2D eigenvalue weighted by molar-refractivity contribution is 0.0969. The lowest BCUT2D eigenvalue weighted by Gasteiger charge is -2.37. The normalized spacial score (nSPS) is 18.7. The Hall–Kier alpha value is -1.42. The molecule has 108 valence electrons. The van der Waals surface area contributed by atoms with Crippen LogP contribution in [-0.4, -0.2) is 28.5 Å². The maximum atomic E-state index is 12.3. The van der Waals surface area contributed by atoms with Gasteiger partial charge in [-0.05, 0) is 56.5 Å². The SMILES string of the molecule is CC[C@@H]1CCCCN1C(=S)NC(=O)c1ccccc1C. The molecule has 1 atom stereocenters. The lowest BCUT2D eigenvalue weighted by Crippen LogP contribution is -2.49. The quantitative estimate of drug-likeness (QED) is 0.848. The Kier molecular flexibility index (Phi) is 5.12. The van der Waals surface area contributed by atoms with Crippen molar-refractivity contribution in [3.05, 3.63) is 35.4 Å². The van der Waals surface area contributed by atoms with Gasteiger partial charge in [-0.15, -0.1) is 0 Å². The topological polar surface area (TPSA) is 32.3 Å². The van der Waals surface area contributed by atoms with E-state index < -0.39 is 0 Å². The second-order valence-electron chi connectivity index (χ2n) is 5.33. The second-order valence-corrected chi connectivity index (χ2v) is 5.71. The molecule has 1 fully saturated rings. The van der Waals surface area contributed by atoms with Crippen LogP contribution in [0, 0.1) is 6.92 Å². The van der Waals surface area contributed by atoms with Crippen molar-refractivity contribution in [1.29, 1.82) is 0 Å². The molecule has 2 rings (SSSR count). The summed E-state index contributed by atoms with van der Waals surface area (Å²) < 4.78 is 0. The summed E-state index contributed by atoms with van der Waals surface area (Å²) in [4.78, 5) is 14.5. The van der Waals surface area contributed by atoms with Gasteiger partial charge < -0.3 is 4.90 Å². The first-order chi connectivity index (χ1) is 9.63. The zero-order chi connectivity index (χ0) is 14.5. The third-order valence-electron chi connectivity index (χ3n) is 3.97. The highest BCUT2D eigenvalue weighted by molar-refractivity contribution is 7.80. The minimum absolute atomic E-state index is 0.103. The van der Waals surface area contributed by atoms with Crippen LogP contribution in [0.3, 0.4) is 0 Å². The minimum Gasteiger partial charge on any atom is -0.346 e. The van der Waals surface area contributed by atoms with Crippen LogP contribution in [-0.2, 0) is 0 Å². The number of rotatable bonds is 2. The molecule has 4 heteroatoms. The molecule has 0 radical (unpaired) electrons. The van der Waals surface area contributed by atoms with Crippen LogP contribution in [0.15, 0.2) is 24.3 Å². The van der Waals surface area contributed by atoms with E-state index in [4.69, 9.17) is 12.2 Å². The zero-order valence-electron chi connectivity index (χ0n) is 12.2. The summed E-state index contributed by atoms with van der Waals surface area (Å²) in [5.74, 6) is -0.103. The number of amides is 1. The molecule has 1 saturated heterocycles. The average Bonchev–Trinajstić information content (AvgIpc) is 2.47. The van der Waals surface area contributed by atoms with Crippen molar-refractivity contribution in [3.8, 4) is 0 Å². The zero-order valence-corrected chi connectivity index (χ0v) is 13.0. The Morgan fingerprint density at radius 3 is 2.85 bits per heavy atom. The largest absolute Gasteiger partial charge is 0.346 e. The number of benzene rings is 1. The van der Waals surface area contributed by atoms with E-state index in [1.165, 1.54) is 6.42 Å². The van der Waals surface area contributed by atoms with Crippen LogP contribution in [0.5, 0.6) is 0 Å². The van der Waals surface area contributed by atoms with Gasteiger partial charge in [-0.25, -0.2) is 0 Å². The molecule has 1 aromatic rings. The molecule has 0 saturated carbocycles. The summed E-state index contributed by atoms with van der Waals surface area (Å²) >= 11 is 5.43. The molecule has 0 aliphatic carbocycles. The Balaban J connectivity index is 2.04. The Morgan fingerprint density at radius 1 is 1.40 bits per heavy atom. The summed E-state index contributed by atoms with van der Waals surface area (Å²) in [5, 5.41) is 3.46. The summed E-state index contributed by atoms with van der Waals surface area (Å²) in [7, 11) is 0. The highest BCUT2D eigenvalue weighted by Gasteiger charge is 2.24. The number of piperidine rings is 1. The number of aryl methyl sites for hydroxylation is 1. The molecule has 0 bridgehead atoms. The number of thiocarbonyl (C=S) groups is 1. The second kappa shape index (κ2) is 6.84. The van der Waals surface area contributed by atoms with Crippen LogP contribution >= 0.6 is 12.2 Å². The first-order valence-corrected chi connectivity index (χ1v) is 7.72. The van der Waals surface area contributed by atoms with Gasteiger partial charge in [-0.1, -0.05) is 25.1 Å². The molecule has 3 nitrogen and oxygen atoms in total. The Bertz CT molecular complexity index is 501. The van der Waals surface area contributed by atoms with Crippen LogP contribution in [0.4, 0.5) is 0 Å². The maximum Gasteiger partial charge on any atom is 0.257 e. The predicted octanol–water partition coefficient (Wildman–Crippen LogP) is 3.27. The molecule has 0 unspecified atom stereocenters. The fourth-order valence-electron chi connectivity index (χ4n) is 2.76. The monoisotopic (exact) mass is 290 g/mol. The maximum absolute atomic E-state index is 12.3. The third-order valence-corrected chi connectivity index (χ3v) is 4.31. The highest BCUT2D eigenvalue weighted by atomic mass is 32.1. The van der Waals surface area contributed by atoms with Crippen LogP contribution < -0.4 is 5.32 Å². The summed E-state index contributed by atoms with van der Waals surface area (Å²) in [5.41, 5.74) is 1.67. The molecule has 1 heterocycles. The van der Waals surface area contributed by atoms with Gasteiger partial charge in [-0.3, -0.25) is 10.1 Å².